The maximum absolute atomic E-state index is 12.1. The highest BCUT2D eigenvalue weighted by molar-refractivity contribution is 6.30. The number of nitrogens with one attached hydrogen (secondary N) is 1. The second-order valence-electron chi connectivity index (χ2n) is 5.99. The summed E-state index contributed by atoms with van der Waals surface area (Å²) in [6, 6.07) is 15.3. The van der Waals surface area contributed by atoms with Crippen molar-refractivity contribution in [3.8, 4) is 0 Å². The Kier molecular flexibility index (Phi) is 5.38. The molecule has 1 saturated heterocycles. The van der Waals surface area contributed by atoms with E-state index in [2.05, 4.69) is 10.2 Å². The normalized spacial score (nSPS) is 17.1. The summed E-state index contributed by atoms with van der Waals surface area (Å²) in [6.07, 6.45) is 1.69. The molecule has 24 heavy (non-hydrogen) atoms. The SMILES string of the molecule is COC1CCN(c2ccc(NC(=O)Cc3ccc(Cl)cc3)cc2)C1. The number of ether oxygens (including phenoxy) is 1. The molecule has 0 bridgehead atoms. The van der Waals surface area contributed by atoms with E-state index in [-0.39, 0.29) is 5.91 Å². The van der Waals surface area contributed by atoms with Crippen molar-refractivity contribution in [1.82, 2.24) is 0 Å². The minimum Gasteiger partial charge on any atom is -0.380 e. The highest BCUT2D eigenvalue weighted by Gasteiger charge is 2.22. The summed E-state index contributed by atoms with van der Waals surface area (Å²) < 4.78 is 5.40. The molecule has 0 aromatic heterocycles. The Hall–Kier alpha value is -2.04. The number of carbonyl (C=O) groups excluding carboxylic acids is 1. The standard InChI is InChI=1S/C19H21ClN2O2/c1-24-18-10-11-22(13-18)17-8-6-16(7-9-17)21-19(23)12-14-2-4-15(20)5-3-14/h2-9,18H,10-13H2,1H3,(H,21,23). The molecule has 1 aliphatic heterocycles. The third-order valence-corrected chi connectivity index (χ3v) is 4.52. The topological polar surface area (TPSA) is 41.6 Å². The smallest absolute Gasteiger partial charge is 0.228 e. The lowest BCUT2D eigenvalue weighted by Gasteiger charge is -2.18. The van der Waals surface area contributed by atoms with E-state index in [9.17, 15) is 4.79 Å². The van der Waals surface area contributed by atoms with Crippen LogP contribution in [0.1, 0.15) is 12.0 Å². The summed E-state index contributed by atoms with van der Waals surface area (Å²) in [6.45, 7) is 1.92. The number of amides is 1. The van der Waals surface area contributed by atoms with Crippen LogP contribution in [0.25, 0.3) is 0 Å². The zero-order valence-electron chi connectivity index (χ0n) is 13.7. The molecule has 4 nitrogen and oxygen atoms in total. The summed E-state index contributed by atoms with van der Waals surface area (Å²) in [5.74, 6) is -0.0364. The maximum atomic E-state index is 12.1. The van der Waals surface area contributed by atoms with Crippen LogP contribution in [-0.4, -0.2) is 32.2 Å². The number of hydrogen-bond donors (Lipinski definition) is 1. The lowest BCUT2D eigenvalue weighted by atomic mass is 10.1. The predicted molar refractivity (Wildman–Crippen MR) is 97.9 cm³/mol. The van der Waals surface area contributed by atoms with Gasteiger partial charge in [0.1, 0.15) is 0 Å². The van der Waals surface area contributed by atoms with Gasteiger partial charge in [0.15, 0.2) is 0 Å². The molecule has 5 heteroatoms. The summed E-state index contributed by atoms with van der Waals surface area (Å²) in [5, 5.41) is 3.60. The van der Waals surface area contributed by atoms with Gasteiger partial charge in [0.2, 0.25) is 5.91 Å². The van der Waals surface area contributed by atoms with Crippen molar-refractivity contribution in [3.63, 3.8) is 0 Å². The Bertz CT molecular complexity index is 686. The average Bonchev–Trinajstić information content (AvgIpc) is 3.07. The van der Waals surface area contributed by atoms with Crippen molar-refractivity contribution in [2.75, 3.05) is 30.4 Å². The molecule has 1 atom stereocenters. The lowest BCUT2D eigenvalue weighted by Crippen LogP contribution is -2.22. The molecular weight excluding hydrogens is 324 g/mol. The molecule has 2 aromatic rings. The Morgan fingerprint density at radius 2 is 1.92 bits per heavy atom. The first-order valence-electron chi connectivity index (χ1n) is 8.06. The van der Waals surface area contributed by atoms with E-state index in [4.69, 9.17) is 16.3 Å². The molecule has 1 unspecified atom stereocenters. The number of anilines is 2. The van der Waals surface area contributed by atoms with E-state index in [1.54, 1.807) is 19.2 Å². The molecule has 2 aromatic carbocycles. The number of benzene rings is 2. The molecule has 126 valence electrons. The Morgan fingerprint density at radius 1 is 1.21 bits per heavy atom. The number of rotatable bonds is 5. The van der Waals surface area contributed by atoms with Crippen molar-refractivity contribution in [1.29, 1.82) is 0 Å². The van der Waals surface area contributed by atoms with Crippen LogP contribution in [-0.2, 0) is 16.0 Å². The van der Waals surface area contributed by atoms with Crippen LogP contribution >= 0.6 is 11.6 Å². The van der Waals surface area contributed by atoms with Crippen LogP contribution < -0.4 is 10.2 Å². The van der Waals surface area contributed by atoms with Gasteiger partial charge in [-0.15, -0.1) is 0 Å². The third kappa shape index (κ3) is 4.28. The molecule has 1 aliphatic rings. The quantitative estimate of drug-likeness (QED) is 0.898. The van der Waals surface area contributed by atoms with E-state index in [0.717, 1.165) is 36.4 Å². The molecule has 0 saturated carbocycles. The second kappa shape index (κ2) is 7.69. The van der Waals surface area contributed by atoms with E-state index >= 15 is 0 Å². The van der Waals surface area contributed by atoms with Crippen molar-refractivity contribution < 1.29 is 9.53 Å². The fourth-order valence-corrected chi connectivity index (χ4v) is 3.03. The van der Waals surface area contributed by atoms with Crippen LogP contribution in [0.3, 0.4) is 0 Å². The van der Waals surface area contributed by atoms with Gasteiger partial charge >= 0.3 is 0 Å². The van der Waals surface area contributed by atoms with Gasteiger partial charge in [-0.2, -0.15) is 0 Å². The van der Waals surface area contributed by atoms with Gasteiger partial charge in [0.25, 0.3) is 0 Å². The van der Waals surface area contributed by atoms with Gasteiger partial charge in [-0.1, -0.05) is 23.7 Å². The molecule has 0 aliphatic carbocycles. The summed E-state index contributed by atoms with van der Waals surface area (Å²) in [4.78, 5) is 14.4. The van der Waals surface area contributed by atoms with Crippen molar-refractivity contribution in [2.24, 2.45) is 0 Å². The van der Waals surface area contributed by atoms with Crippen LogP contribution in [0.15, 0.2) is 48.5 Å². The monoisotopic (exact) mass is 344 g/mol. The van der Waals surface area contributed by atoms with Crippen molar-refractivity contribution in [3.05, 3.63) is 59.1 Å². The van der Waals surface area contributed by atoms with E-state index < -0.39 is 0 Å². The van der Waals surface area contributed by atoms with Gasteiger partial charge in [0.05, 0.1) is 12.5 Å². The van der Waals surface area contributed by atoms with Gasteiger partial charge < -0.3 is 15.0 Å². The first-order valence-corrected chi connectivity index (χ1v) is 8.44. The number of carbonyl (C=O) groups is 1. The maximum Gasteiger partial charge on any atom is 0.228 e. The average molecular weight is 345 g/mol. The Morgan fingerprint density at radius 3 is 2.54 bits per heavy atom. The van der Waals surface area contributed by atoms with Crippen LogP contribution in [0.5, 0.6) is 0 Å². The highest BCUT2D eigenvalue weighted by atomic mass is 35.5. The minimum atomic E-state index is -0.0364. The first kappa shape index (κ1) is 16.8. The van der Waals surface area contributed by atoms with Crippen LogP contribution in [0.4, 0.5) is 11.4 Å². The molecule has 0 spiro atoms. The van der Waals surface area contributed by atoms with Gasteiger partial charge in [-0.25, -0.2) is 0 Å². The molecule has 1 N–H and O–H groups in total. The molecule has 3 rings (SSSR count). The number of hydrogen-bond acceptors (Lipinski definition) is 3. The molecule has 1 fully saturated rings. The van der Waals surface area contributed by atoms with Gasteiger partial charge in [0, 0.05) is 36.6 Å². The fraction of sp³-hybridized carbons (Fsp3) is 0.316. The van der Waals surface area contributed by atoms with E-state index in [1.807, 2.05) is 36.4 Å². The van der Waals surface area contributed by atoms with Crippen molar-refractivity contribution >= 4 is 28.9 Å². The zero-order valence-corrected chi connectivity index (χ0v) is 14.4. The van der Waals surface area contributed by atoms with E-state index in [0.29, 0.717) is 17.5 Å². The number of nitrogens with zero attached hydrogens (tertiary/aromatic N) is 1. The van der Waals surface area contributed by atoms with Gasteiger partial charge in [-0.3, -0.25) is 4.79 Å². The molecule has 1 heterocycles. The molecule has 1 amide bonds. The minimum absolute atomic E-state index is 0.0364. The highest BCUT2D eigenvalue weighted by Crippen LogP contribution is 2.23. The zero-order chi connectivity index (χ0) is 16.9. The van der Waals surface area contributed by atoms with Gasteiger partial charge in [-0.05, 0) is 48.4 Å². The third-order valence-electron chi connectivity index (χ3n) is 4.27. The lowest BCUT2D eigenvalue weighted by molar-refractivity contribution is -0.115. The summed E-state index contributed by atoms with van der Waals surface area (Å²) in [7, 11) is 1.76. The van der Waals surface area contributed by atoms with E-state index in [1.165, 1.54) is 0 Å². The van der Waals surface area contributed by atoms with Crippen LogP contribution in [0, 0.1) is 0 Å². The second-order valence-corrected chi connectivity index (χ2v) is 6.43. The molecule has 0 radical (unpaired) electrons. The summed E-state index contributed by atoms with van der Waals surface area (Å²) >= 11 is 5.85. The van der Waals surface area contributed by atoms with Crippen molar-refractivity contribution in [2.45, 2.75) is 18.9 Å². The molecular formula is C19H21ClN2O2. The summed E-state index contributed by atoms with van der Waals surface area (Å²) in [5.41, 5.74) is 2.90. The first-order chi connectivity index (χ1) is 11.6. The largest absolute Gasteiger partial charge is 0.380 e. The Labute approximate surface area is 147 Å². The predicted octanol–water partition coefficient (Wildman–Crippen LogP) is 3.75. The number of methoxy groups -OCH3 is 1. The fourth-order valence-electron chi connectivity index (χ4n) is 2.90. The van der Waals surface area contributed by atoms with Crippen LogP contribution in [0.2, 0.25) is 5.02 Å². The number of halogens is 1. The Balaban J connectivity index is 1.56.